The Bertz CT molecular complexity index is 4850. The van der Waals surface area contributed by atoms with E-state index in [4.69, 9.17) is 4.74 Å². The molecule has 17 rings (SSSR count). The van der Waals surface area contributed by atoms with Crippen LogP contribution < -0.4 is 18.9 Å². The van der Waals surface area contributed by atoms with Gasteiger partial charge in [-0.15, -0.1) is 0 Å². The minimum absolute atomic E-state index is 0. The number of rotatable bonds is 8. The van der Waals surface area contributed by atoms with E-state index in [9.17, 15) is 9.90 Å². The van der Waals surface area contributed by atoms with Crippen LogP contribution in [0.2, 0.25) is 0 Å². The molecule has 0 amide bonds. The number of ether oxygens (including phenoxy) is 1. The van der Waals surface area contributed by atoms with Crippen LogP contribution in [0.3, 0.4) is 0 Å². The van der Waals surface area contributed by atoms with Crippen LogP contribution in [0.1, 0.15) is 49.5 Å². The van der Waals surface area contributed by atoms with Crippen LogP contribution in [0.15, 0.2) is 279 Å². The van der Waals surface area contributed by atoms with E-state index < -0.39 is 5.60 Å². The fourth-order valence-corrected chi connectivity index (χ4v) is 14.5. The molecule has 2 aliphatic carbocycles. The SMILES string of the molecule is C1CCOC1.CC(=O)c1ccccc1-c1ccc2c3c(cccc13)-c1c-2c(-c2ccccc2)c2ccccc2c1-c1ccccc1.CC(C)(O)c1ccccc1-c1ccc2c3c(cccc13)-c1c-2c(-c2ccccc2)c2ccccc2c1-c1ccccc1.[CH3-].[Li+]. The maximum absolute atomic E-state index is 12.6. The molecule has 1 heterocycles. The van der Waals surface area contributed by atoms with E-state index in [0.717, 1.165) is 46.6 Å². The Balaban J connectivity index is 0.000000150. The summed E-state index contributed by atoms with van der Waals surface area (Å²) < 4.78 is 4.94. The summed E-state index contributed by atoms with van der Waals surface area (Å²) in [5, 5.41) is 21.0. The van der Waals surface area contributed by atoms with E-state index in [2.05, 4.69) is 249 Å². The molecular formula is C86H67LiO3. The van der Waals surface area contributed by atoms with Gasteiger partial charge in [0.25, 0.3) is 0 Å². The first-order chi connectivity index (χ1) is 43.2. The summed E-state index contributed by atoms with van der Waals surface area (Å²) in [6, 6.07) is 99.6. The van der Waals surface area contributed by atoms with Gasteiger partial charge in [-0.25, -0.2) is 0 Å². The Labute approximate surface area is 540 Å². The Hall–Kier alpha value is -9.69. The summed E-state index contributed by atoms with van der Waals surface area (Å²) in [5.74, 6) is 0.0797. The van der Waals surface area contributed by atoms with E-state index in [1.807, 2.05) is 44.2 Å². The van der Waals surface area contributed by atoms with Gasteiger partial charge in [0.15, 0.2) is 5.78 Å². The van der Waals surface area contributed by atoms with Gasteiger partial charge in [0.2, 0.25) is 0 Å². The molecule has 1 fully saturated rings. The molecule has 1 saturated heterocycles. The number of hydrogen-bond donors (Lipinski definition) is 1. The van der Waals surface area contributed by atoms with Crippen LogP contribution >= 0.6 is 0 Å². The van der Waals surface area contributed by atoms with Crippen LogP contribution in [0.25, 0.3) is 154 Å². The summed E-state index contributed by atoms with van der Waals surface area (Å²) in [6.45, 7) is 7.38. The molecular weight excluding hydrogens is 1090 g/mol. The fourth-order valence-electron chi connectivity index (χ4n) is 14.5. The molecule has 14 aromatic carbocycles. The molecule has 0 atom stereocenters. The standard InChI is InChI=1S/C41H30O.C40H26O.C4H8O.CH3.Li/c1-41(2,42)35-23-12-11-18-29(35)28-24-25-34-38-30(28)21-13-22-33(38)39-36(26-14-5-3-6-15-26)31-19-9-10-20-32(31)37(40(34)39)27-16-7-4-8-17-27;1-25(41)28-17-8-9-18-29(28)30-23-24-35-38-31(30)21-12-22-34(38)39-36(26-13-4-2-5-14-26)32-19-10-11-20-33(32)37(40(35)39)27-15-6-3-7-16-27;1-2-4-5-3-1;;/h3-25,42H,1-2H3;2-24H,1H3;1-4H2;1H3;/q;;;-1;+1. The Kier molecular flexibility index (Phi) is 16.3. The van der Waals surface area contributed by atoms with Crippen molar-refractivity contribution in [2.24, 2.45) is 0 Å². The maximum Gasteiger partial charge on any atom is 1.00 e. The molecule has 0 bridgehead atoms. The quantitative estimate of drug-likeness (QED) is 0.0937. The van der Waals surface area contributed by atoms with Crippen LogP contribution in [0, 0.1) is 7.43 Å². The average molecular weight is 1160 g/mol. The van der Waals surface area contributed by atoms with Gasteiger partial charge >= 0.3 is 18.9 Å². The monoisotopic (exact) mass is 1150 g/mol. The van der Waals surface area contributed by atoms with E-state index in [-0.39, 0.29) is 32.1 Å². The van der Waals surface area contributed by atoms with Gasteiger partial charge in [-0.3, -0.25) is 4.79 Å². The normalized spacial score (nSPS) is 12.3. The van der Waals surface area contributed by atoms with Crippen molar-refractivity contribution < 1.29 is 33.5 Å². The molecule has 0 unspecified atom stereocenters. The fraction of sp³-hybridized carbons (Fsp3) is 0.0930. The number of carbonyl (C=O) groups excluding carboxylic acids is 1. The summed E-state index contributed by atoms with van der Waals surface area (Å²) in [6.07, 6.45) is 2.56. The second kappa shape index (κ2) is 24.7. The van der Waals surface area contributed by atoms with E-state index in [1.165, 1.54) is 145 Å². The minimum Gasteiger partial charge on any atom is -0.386 e. The van der Waals surface area contributed by atoms with Gasteiger partial charge in [-0.05, 0) is 194 Å². The first-order valence-corrected chi connectivity index (χ1v) is 30.8. The number of benzene rings is 14. The largest absolute Gasteiger partial charge is 1.00 e. The molecule has 0 spiro atoms. The number of hydrogen-bond acceptors (Lipinski definition) is 3. The Morgan fingerprint density at radius 2 is 0.611 bits per heavy atom. The zero-order valence-corrected chi connectivity index (χ0v) is 51.7. The molecule has 3 aliphatic rings. The summed E-state index contributed by atoms with van der Waals surface area (Å²) >= 11 is 0. The van der Waals surface area contributed by atoms with Crippen molar-refractivity contribution in [1.82, 2.24) is 0 Å². The van der Waals surface area contributed by atoms with Crippen molar-refractivity contribution in [3.8, 4) is 111 Å². The topological polar surface area (TPSA) is 46.5 Å². The van der Waals surface area contributed by atoms with Crippen LogP contribution in [-0.4, -0.2) is 24.1 Å². The van der Waals surface area contributed by atoms with Gasteiger partial charge in [0.05, 0.1) is 5.60 Å². The zero-order chi connectivity index (χ0) is 59.5. The third-order valence-corrected chi connectivity index (χ3v) is 18.1. The number of fused-ring (bicyclic) bond motifs is 8. The van der Waals surface area contributed by atoms with Gasteiger partial charge in [-0.2, -0.15) is 0 Å². The third kappa shape index (κ3) is 10.1. The second-order valence-electron chi connectivity index (χ2n) is 23.9. The van der Waals surface area contributed by atoms with Crippen molar-refractivity contribution in [3.05, 3.63) is 298 Å². The Morgan fingerprint density at radius 1 is 0.322 bits per heavy atom. The van der Waals surface area contributed by atoms with Crippen LogP contribution in [0.4, 0.5) is 0 Å². The van der Waals surface area contributed by atoms with Crippen molar-refractivity contribution >= 4 is 48.9 Å². The van der Waals surface area contributed by atoms with E-state index in [1.54, 1.807) is 6.92 Å². The summed E-state index contributed by atoms with van der Waals surface area (Å²) in [4.78, 5) is 12.6. The molecule has 0 aromatic heterocycles. The number of aliphatic hydroxyl groups is 1. The number of carbonyl (C=O) groups is 1. The first-order valence-electron chi connectivity index (χ1n) is 30.8. The molecule has 1 N–H and O–H groups in total. The second-order valence-corrected chi connectivity index (χ2v) is 23.9. The first kappa shape index (κ1) is 59.3. The summed E-state index contributed by atoms with van der Waals surface area (Å²) in [5.41, 5.74) is 25.2. The van der Waals surface area contributed by atoms with E-state index in [0.29, 0.717) is 0 Å². The number of Topliss-reactive ketones (excluding diaryl/α,β-unsaturated/α-hetero) is 1. The van der Waals surface area contributed by atoms with Gasteiger partial charge < -0.3 is 17.3 Å². The predicted octanol–water partition coefficient (Wildman–Crippen LogP) is 20.0. The van der Waals surface area contributed by atoms with Crippen molar-refractivity contribution in [2.75, 3.05) is 13.2 Å². The maximum atomic E-state index is 12.6. The third-order valence-electron chi connectivity index (χ3n) is 18.1. The van der Waals surface area contributed by atoms with Crippen LogP contribution in [-0.2, 0) is 10.3 Å². The van der Waals surface area contributed by atoms with E-state index >= 15 is 0 Å². The van der Waals surface area contributed by atoms with Gasteiger partial charge in [0, 0.05) is 18.8 Å². The van der Waals surface area contributed by atoms with Gasteiger partial charge in [0.1, 0.15) is 0 Å². The zero-order valence-electron chi connectivity index (χ0n) is 51.7. The summed E-state index contributed by atoms with van der Waals surface area (Å²) in [7, 11) is 0. The van der Waals surface area contributed by atoms with Gasteiger partial charge in [-0.1, -0.05) is 279 Å². The van der Waals surface area contributed by atoms with Crippen LogP contribution in [0.5, 0.6) is 0 Å². The Morgan fingerprint density at radius 3 is 0.967 bits per heavy atom. The molecule has 0 radical (unpaired) electrons. The molecule has 14 aromatic rings. The predicted molar refractivity (Wildman–Crippen MR) is 376 cm³/mol. The molecule has 90 heavy (non-hydrogen) atoms. The number of ketones is 1. The minimum atomic E-state index is -0.957. The van der Waals surface area contributed by atoms with Crippen molar-refractivity contribution in [3.63, 3.8) is 0 Å². The molecule has 1 aliphatic heterocycles. The van der Waals surface area contributed by atoms with Crippen molar-refractivity contribution in [1.29, 1.82) is 0 Å². The smallest absolute Gasteiger partial charge is 0.386 e. The molecule has 4 heteroatoms. The van der Waals surface area contributed by atoms with Crippen molar-refractivity contribution in [2.45, 2.75) is 39.2 Å². The molecule has 430 valence electrons. The average Bonchev–Trinajstić information content (AvgIpc) is 1.53. The molecule has 0 saturated carbocycles. The molecule has 3 nitrogen and oxygen atoms in total.